The largest absolute Gasteiger partial charge is 0.366 e. The molecule has 0 radical (unpaired) electrons. The average Bonchev–Trinajstić information content (AvgIpc) is 2.76. The van der Waals surface area contributed by atoms with Crippen molar-refractivity contribution in [1.82, 2.24) is 9.97 Å². The predicted molar refractivity (Wildman–Crippen MR) is 73.2 cm³/mol. The van der Waals surface area contributed by atoms with Crippen LogP contribution in [0, 0.1) is 0 Å². The van der Waals surface area contributed by atoms with Crippen LogP contribution < -0.4 is 5.32 Å². The molecule has 2 heterocycles. The highest BCUT2D eigenvalue weighted by Crippen LogP contribution is 2.21. The molecule has 1 unspecified atom stereocenters. The van der Waals surface area contributed by atoms with Crippen molar-refractivity contribution in [2.75, 3.05) is 5.32 Å². The van der Waals surface area contributed by atoms with Gasteiger partial charge >= 0.3 is 0 Å². The Balaban J connectivity index is 2.02. The number of rotatable bonds is 4. The van der Waals surface area contributed by atoms with Crippen molar-refractivity contribution in [2.24, 2.45) is 0 Å². The Kier molecular flexibility index (Phi) is 4.20. The first-order valence-electron chi connectivity index (χ1n) is 5.12. The van der Waals surface area contributed by atoms with E-state index in [-0.39, 0.29) is 11.3 Å². The van der Waals surface area contributed by atoms with Gasteiger partial charge in [0.25, 0.3) is 0 Å². The second-order valence-electron chi connectivity index (χ2n) is 3.66. The minimum Gasteiger partial charge on any atom is -0.366 e. The first-order valence-corrected chi connectivity index (χ1v) is 6.75. The van der Waals surface area contributed by atoms with Crippen molar-refractivity contribution in [3.8, 4) is 0 Å². The number of aromatic nitrogens is 2. The van der Waals surface area contributed by atoms with Crippen molar-refractivity contribution in [1.29, 1.82) is 0 Å². The summed E-state index contributed by atoms with van der Waals surface area (Å²) in [7, 11) is 0. The normalized spacial score (nSPS) is 12.4. The number of hydrogen-bond donors (Lipinski definition) is 1. The number of nitrogens with one attached hydrogen (secondary N) is 1. The van der Waals surface area contributed by atoms with Gasteiger partial charge in [-0.05, 0) is 30.0 Å². The van der Waals surface area contributed by atoms with Gasteiger partial charge in [-0.1, -0.05) is 17.7 Å². The smallest absolute Gasteiger partial charge is 0.224 e. The molecule has 1 atom stereocenters. The lowest BCUT2D eigenvalue weighted by Gasteiger charge is -2.14. The second-order valence-corrected chi connectivity index (χ2v) is 5.44. The molecule has 0 amide bonds. The molecule has 6 heteroatoms. The molecule has 0 bridgehead atoms. The maximum atomic E-state index is 5.98. The first kappa shape index (κ1) is 12.6. The van der Waals surface area contributed by atoms with E-state index in [0.29, 0.717) is 10.8 Å². The molecular weight excluding hydrogens is 277 g/mol. The van der Waals surface area contributed by atoms with Crippen LogP contribution in [0.3, 0.4) is 0 Å². The molecule has 2 aromatic heterocycles. The minimum absolute atomic E-state index is 0.195. The fraction of sp³-hybridized carbons (Fsp3) is 0.273. The zero-order valence-corrected chi connectivity index (χ0v) is 11.5. The van der Waals surface area contributed by atoms with Crippen LogP contribution in [0.2, 0.25) is 10.3 Å². The van der Waals surface area contributed by atoms with Gasteiger partial charge < -0.3 is 5.32 Å². The van der Waals surface area contributed by atoms with Crippen LogP contribution >= 0.6 is 34.5 Å². The maximum Gasteiger partial charge on any atom is 0.224 e. The van der Waals surface area contributed by atoms with E-state index in [2.05, 4.69) is 33.7 Å². The van der Waals surface area contributed by atoms with Crippen LogP contribution in [-0.4, -0.2) is 16.0 Å². The summed E-state index contributed by atoms with van der Waals surface area (Å²) in [5, 5.41) is 5.97. The molecule has 3 nitrogen and oxygen atoms in total. The van der Waals surface area contributed by atoms with Gasteiger partial charge in [0.1, 0.15) is 10.8 Å². The zero-order valence-electron chi connectivity index (χ0n) is 9.15. The maximum absolute atomic E-state index is 5.98. The minimum atomic E-state index is 0.195. The Hall–Kier alpha value is -0.840. The highest BCUT2D eigenvalue weighted by molar-refractivity contribution is 7.09. The number of halogens is 2. The Morgan fingerprint density at radius 1 is 1.47 bits per heavy atom. The number of anilines is 1. The Morgan fingerprint density at radius 3 is 3.00 bits per heavy atom. The van der Waals surface area contributed by atoms with Crippen LogP contribution in [0.15, 0.2) is 23.7 Å². The molecule has 0 aliphatic carbocycles. The molecule has 0 aliphatic rings. The molecule has 90 valence electrons. The van der Waals surface area contributed by atoms with Gasteiger partial charge in [-0.3, -0.25) is 0 Å². The van der Waals surface area contributed by atoms with Crippen molar-refractivity contribution in [3.63, 3.8) is 0 Å². The highest BCUT2D eigenvalue weighted by atomic mass is 35.5. The van der Waals surface area contributed by atoms with Crippen molar-refractivity contribution >= 4 is 40.4 Å². The summed E-state index contributed by atoms with van der Waals surface area (Å²) in [6.45, 7) is 2.08. The van der Waals surface area contributed by atoms with Crippen molar-refractivity contribution in [3.05, 3.63) is 38.9 Å². The molecule has 2 rings (SSSR count). The molecular formula is C11H11Cl2N3S. The summed E-state index contributed by atoms with van der Waals surface area (Å²) < 4.78 is 0. The molecule has 0 fully saturated rings. The predicted octanol–water partition coefficient (Wildman–Crippen LogP) is 3.89. The standard InChI is InChI=1S/C11H11Cl2N3S/c1-7(5-8-3-2-4-17-8)15-10-9(12)6-14-11(13)16-10/h2-4,6-7H,5H2,1H3,(H,14,15,16). The van der Waals surface area contributed by atoms with Crippen molar-refractivity contribution in [2.45, 2.75) is 19.4 Å². The van der Waals surface area contributed by atoms with Crippen LogP contribution in [0.1, 0.15) is 11.8 Å². The Labute approximate surface area is 114 Å². The van der Waals surface area contributed by atoms with Crippen molar-refractivity contribution < 1.29 is 0 Å². The van der Waals surface area contributed by atoms with E-state index in [1.165, 1.54) is 11.1 Å². The number of thiophene rings is 1. The third-order valence-electron chi connectivity index (χ3n) is 2.19. The molecule has 0 saturated carbocycles. The first-order chi connectivity index (χ1) is 8.15. The lowest BCUT2D eigenvalue weighted by atomic mass is 10.2. The lowest BCUT2D eigenvalue weighted by molar-refractivity contribution is 0.793. The fourth-order valence-electron chi connectivity index (χ4n) is 1.46. The van der Waals surface area contributed by atoms with Gasteiger partial charge in [0.05, 0.1) is 6.20 Å². The summed E-state index contributed by atoms with van der Waals surface area (Å²) in [4.78, 5) is 9.18. The second kappa shape index (κ2) is 5.67. The van der Waals surface area contributed by atoms with E-state index in [0.717, 1.165) is 6.42 Å². The molecule has 0 aromatic carbocycles. The summed E-state index contributed by atoms with van der Waals surface area (Å²) in [6, 6.07) is 4.38. The van der Waals surface area contributed by atoms with E-state index in [9.17, 15) is 0 Å². The van der Waals surface area contributed by atoms with E-state index >= 15 is 0 Å². The Morgan fingerprint density at radius 2 is 2.29 bits per heavy atom. The van der Waals surface area contributed by atoms with E-state index in [1.54, 1.807) is 11.3 Å². The molecule has 17 heavy (non-hydrogen) atoms. The third-order valence-corrected chi connectivity index (χ3v) is 3.54. The van der Waals surface area contributed by atoms with Crippen LogP contribution in [-0.2, 0) is 6.42 Å². The lowest BCUT2D eigenvalue weighted by Crippen LogP contribution is -2.18. The molecule has 0 spiro atoms. The number of hydrogen-bond acceptors (Lipinski definition) is 4. The number of nitrogens with zero attached hydrogens (tertiary/aromatic N) is 2. The van der Waals surface area contributed by atoms with Gasteiger partial charge in [-0.25, -0.2) is 4.98 Å². The molecule has 0 aliphatic heterocycles. The van der Waals surface area contributed by atoms with Gasteiger partial charge in [-0.2, -0.15) is 4.98 Å². The monoisotopic (exact) mass is 287 g/mol. The zero-order chi connectivity index (χ0) is 12.3. The van der Waals surface area contributed by atoms with Gasteiger partial charge in [0.2, 0.25) is 5.28 Å². The summed E-state index contributed by atoms with van der Waals surface area (Å²) in [5.41, 5.74) is 0. The van der Waals surface area contributed by atoms with Crippen LogP contribution in [0.5, 0.6) is 0 Å². The van der Waals surface area contributed by atoms with E-state index in [1.807, 2.05) is 6.07 Å². The van der Waals surface area contributed by atoms with Gasteiger partial charge in [0, 0.05) is 17.3 Å². The summed E-state index contributed by atoms with van der Waals surface area (Å²) in [6.07, 6.45) is 2.42. The van der Waals surface area contributed by atoms with Gasteiger partial charge in [0.15, 0.2) is 0 Å². The van der Waals surface area contributed by atoms with E-state index < -0.39 is 0 Å². The van der Waals surface area contributed by atoms with Crippen LogP contribution in [0.25, 0.3) is 0 Å². The highest BCUT2D eigenvalue weighted by Gasteiger charge is 2.09. The summed E-state index contributed by atoms with van der Waals surface area (Å²) >= 11 is 13.4. The molecule has 0 saturated heterocycles. The molecule has 1 N–H and O–H groups in total. The van der Waals surface area contributed by atoms with E-state index in [4.69, 9.17) is 23.2 Å². The topological polar surface area (TPSA) is 37.8 Å². The molecule has 2 aromatic rings. The summed E-state index contributed by atoms with van der Waals surface area (Å²) in [5.74, 6) is 0.579. The quantitative estimate of drug-likeness (QED) is 0.867. The SMILES string of the molecule is CC(Cc1cccs1)Nc1nc(Cl)ncc1Cl. The third kappa shape index (κ3) is 3.56. The Bertz CT molecular complexity index is 487. The fourth-order valence-corrected chi connectivity index (χ4v) is 2.58. The average molecular weight is 288 g/mol. The van der Waals surface area contributed by atoms with Gasteiger partial charge in [-0.15, -0.1) is 11.3 Å². The van der Waals surface area contributed by atoms with Crippen LogP contribution in [0.4, 0.5) is 5.82 Å².